The molecule has 0 aliphatic heterocycles. The van der Waals surface area contributed by atoms with Crippen LogP contribution in [-0.2, 0) is 0 Å². The Balaban J connectivity index is 0.941. The predicted octanol–water partition coefficient (Wildman–Crippen LogP) is 15.1. The molecule has 0 amide bonds. The summed E-state index contributed by atoms with van der Waals surface area (Å²) in [6, 6.07) is 76.5. The molecule has 0 aliphatic carbocycles. The van der Waals surface area contributed by atoms with Gasteiger partial charge in [-0.05, 0) is 89.5 Å². The van der Waals surface area contributed by atoms with Gasteiger partial charge in [-0.15, -0.1) is 0 Å². The van der Waals surface area contributed by atoms with Gasteiger partial charge in [-0.25, -0.2) is 0 Å². The molecular weight excluding hydrogens is 731 g/mol. The van der Waals surface area contributed by atoms with Gasteiger partial charge in [-0.3, -0.25) is 4.57 Å². The molecule has 0 atom stereocenters. The van der Waals surface area contributed by atoms with Crippen molar-refractivity contribution in [2.45, 2.75) is 0 Å². The summed E-state index contributed by atoms with van der Waals surface area (Å²) in [5.74, 6) is 0. The number of hydrogen-bond acceptors (Lipinski definition) is 1. The Bertz CT molecular complexity index is 3790. The van der Waals surface area contributed by atoms with Gasteiger partial charge in [0.15, 0.2) is 0 Å². The highest BCUT2D eigenvalue weighted by Crippen LogP contribution is 2.43. The van der Waals surface area contributed by atoms with Gasteiger partial charge in [0.1, 0.15) is 5.58 Å². The van der Waals surface area contributed by atoms with Crippen molar-refractivity contribution < 1.29 is 4.42 Å². The highest BCUT2D eigenvalue weighted by atomic mass is 16.3. The first-order chi connectivity index (χ1) is 29.8. The molecule has 0 saturated heterocycles. The largest absolute Gasteiger partial charge is 0.438 e. The smallest absolute Gasteiger partial charge is 0.213 e. The zero-order valence-electron chi connectivity index (χ0n) is 32.5. The Labute approximate surface area is 345 Å². The SMILES string of the molecule is c1ccc(-n2c3ccccc3c3c4cccc(-c5cccc(-c6cccc(-n7c8ccccc8c8cc(-n9c%10ccccc%10c%10ccccc%109)ccc87)c6)c5)c4oc32)cc1. The first-order valence-corrected chi connectivity index (χ1v) is 20.5. The number of aromatic nitrogens is 3. The highest BCUT2D eigenvalue weighted by Gasteiger charge is 2.22. The number of hydrogen-bond donors (Lipinski definition) is 0. The third kappa shape index (κ3) is 4.73. The zero-order valence-corrected chi connectivity index (χ0v) is 32.5. The average molecular weight is 766 g/mol. The second-order valence-corrected chi connectivity index (χ2v) is 15.7. The van der Waals surface area contributed by atoms with Gasteiger partial charge < -0.3 is 13.6 Å². The molecule has 60 heavy (non-hydrogen) atoms. The minimum absolute atomic E-state index is 0.863. The van der Waals surface area contributed by atoms with Crippen LogP contribution in [0, 0.1) is 0 Å². The molecular formula is C56H35N3O. The van der Waals surface area contributed by atoms with Crippen molar-refractivity contribution in [1.29, 1.82) is 0 Å². The van der Waals surface area contributed by atoms with E-state index in [0.717, 1.165) is 66.9 Å². The Kier molecular flexibility index (Phi) is 6.98. The third-order valence-electron chi connectivity index (χ3n) is 12.4. The van der Waals surface area contributed by atoms with Gasteiger partial charge in [0.2, 0.25) is 5.71 Å². The van der Waals surface area contributed by atoms with E-state index in [1.165, 1.54) is 49.0 Å². The normalized spacial score (nSPS) is 12.0. The van der Waals surface area contributed by atoms with Gasteiger partial charge in [0, 0.05) is 54.9 Å². The van der Waals surface area contributed by atoms with E-state index >= 15 is 0 Å². The number of nitrogens with zero attached hydrogens (tertiary/aromatic N) is 3. The number of fused-ring (bicyclic) bond motifs is 11. The van der Waals surface area contributed by atoms with Crippen molar-refractivity contribution in [2.24, 2.45) is 0 Å². The number of para-hydroxylation sites is 6. The maximum absolute atomic E-state index is 6.94. The van der Waals surface area contributed by atoms with Crippen LogP contribution < -0.4 is 0 Å². The van der Waals surface area contributed by atoms with E-state index in [0.29, 0.717) is 0 Å². The van der Waals surface area contributed by atoms with E-state index in [1.807, 2.05) is 0 Å². The standard InChI is InChI=1S/C56H35N3O/c1-2-18-39(19-3-1)59-52-30-11-7-24-46(52)54-47-26-14-25-42(55(47)60-56(54)59)38-17-12-15-36(33-38)37-16-13-20-40(34-37)57-51-29-10-6-23-45(51)48-35-41(31-32-53(48)57)58-49-27-8-4-21-43(49)44-22-5-9-28-50(44)58/h1-35H. The summed E-state index contributed by atoms with van der Waals surface area (Å²) in [6.45, 7) is 0. The topological polar surface area (TPSA) is 27.9 Å². The Morgan fingerprint density at radius 3 is 1.47 bits per heavy atom. The monoisotopic (exact) mass is 765 g/mol. The maximum atomic E-state index is 6.94. The zero-order chi connectivity index (χ0) is 39.3. The lowest BCUT2D eigenvalue weighted by Gasteiger charge is -2.12. The van der Waals surface area contributed by atoms with Crippen molar-refractivity contribution in [1.82, 2.24) is 13.7 Å². The molecule has 4 heteroatoms. The van der Waals surface area contributed by atoms with E-state index in [-0.39, 0.29) is 0 Å². The Morgan fingerprint density at radius 2 is 0.767 bits per heavy atom. The molecule has 4 aromatic heterocycles. The van der Waals surface area contributed by atoms with Crippen LogP contribution >= 0.6 is 0 Å². The van der Waals surface area contributed by atoms with Crippen molar-refractivity contribution in [3.63, 3.8) is 0 Å². The fraction of sp³-hybridized carbons (Fsp3) is 0. The molecule has 0 N–H and O–H groups in total. The third-order valence-corrected chi connectivity index (χ3v) is 12.4. The van der Waals surface area contributed by atoms with Crippen molar-refractivity contribution in [3.05, 3.63) is 212 Å². The molecule has 0 spiro atoms. The fourth-order valence-electron chi connectivity index (χ4n) is 9.84. The number of benzene rings is 9. The van der Waals surface area contributed by atoms with Crippen LogP contribution in [0.25, 0.3) is 116 Å². The summed E-state index contributed by atoms with van der Waals surface area (Å²) < 4.78 is 14.0. The molecule has 13 rings (SSSR count). The van der Waals surface area contributed by atoms with Crippen molar-refractivity contribution >= 4 is 76.6 Å². The molecule has 0 fully saturated rings. The summed E-state index contributed by atoms with van der Waals surface area (Å²) in [5.41, 5.74) is 15.5. The molecule has 0 bridgehead atoms. The summed E-state index contributed by atoms with van der Waals surface area (Å²) in [7, 11) is 0. The van der Waals surface area contributed by atoms with Gasteiger partial charge in [0.05, 0.1) is 33.0 Å². The van der Waals surface area contributed by atoms with Gasteiger partial charge in [-0.1, -0.05) is 140 Å². The predicted molar refractivity (Wildman–Crippen MR) is 250 cm³/mol. The molecule has 0 aliphatic rings. The molecule has 13 aromatic rings. The van der Waals surface area contributed by atoms with E-state index in [1.54, 1.807) is 0 Å². The molecule has 0 saturated carbocycles. The number of rotatable bonds is 5. The van der Waals surface area contributed by atoms with E-state index in [9.17, 15) is 0 Å². The average Bonchev–Trinajstić information content (AvgIpc) is 4.05. The molecule has 280 valence electrons. The molecule has 4 nitrogen and oxygen atoms in total. The highest BCUT2D eigenvalue weighted by molar-refractivity contribution is 6.22. The molecule has 0 radical (unpaired) electrons. The van der Waals surface area contributed by atoms with E-state index in [2.05, 4.69) is 226 Å². The van der Waals surface area contributed by atoms with Gasteiger partial charge in [0.25, 0.3) is 0 Å². The lowest BCUT2D eigenvalue weighted by Crippen LogP contribution is -1.96. The van der Waals surface area contributed by atoms with Crippen molar-refractivity contribution in [3.8, 4) is 39.3 Å². The lowest BCUT2D eigenvalue weighted by molar-refractivity contribution is 0.646. The Hall–Kier alpha value is -8.08. The van der Waals surface area contributed by atoms with Crippen LogP contribution in [0.1, 0.15) is 0 Å². The summed E-state index contributed by atoms with van der Waals surface area (Å²) in [5, 5.41) is 8.43. The molecule has 0 unspecified atom stereocenters. The first-order valence-electron chi connectivity index (χ1n) is 20.5. The van der Waals surface area contributed by atoms with E-state index < -0.39 is 0 Å². The second kappa shape index (κ2) is 12.7. The van der Waals surface area contributed by atoms with Gasteiger partial charge >= 0.3 is 0 Å². The minimum Gasteiger partial charge on any atom is -0.438 e. The van der Waals surface area contributed by atoms with Crippen LogP contribution in [0.5, 0.6) is 0 Å². The van der Waals surface area contributed by atoms with Crippen LogP contribution in [0.15, 0.2) is 217 Å². The molecule has 9 aromatic carbocycles. The maximum Gasteiger partial charge on any atom is 0.213 e. The quantitative estimate of drug-likeness (QED) is 0.171. The van der Waals surface area contributed by atoms with Crippen molar-refractivity contribution in [2.75, 3.05) is 0 Å². The van der Waals surface area contributed by atoms with Crippen LogP contribution in [-0.4, -0.2) is 13.7 Å². The van der Waals surface area contributed by atoms with Crippen LogP contribution in [0.4, 0.5) is 0 Å². The fourth-order valence-corrected chi connectivity index (χ4v) is 9.84. The summed E-state index contributed by atoms with van der Waals surface area (Å²) in [4.78, 5) is 0. The lowest BCUT2D eigenvalue weighted by atomic mass is 9.97. The number of furan rings is 1. The van der Waals surface area contributed by atoms with Crippen LogP contribution in [0.2, 0.25) is 0 Å². The summed E-state index contributed by atoms with van der Waals surface area (Å²) in [6.07, 6.45) is 0. The Morgan fingerprint density at radius 1 is 0.283 bits per heavy atom. The first kappa shape index (κ1) is 32.9. The van der Waals surface area contributed by atoms with Crippen LogP contribution in [0.3, 0.4) is 0 Å². The van der Waals surface area contributed by atoms with Gasteiger partial charge in [-0.2, -0.15) is 0 Å². The summed E-state index contributed by atoms with van der Waals surface area (Å²) >= 11 is 0. The molecule has 4 heterocycles. The minimum atomic E-state index is 0.863. The van der Waals surface area contributed by atoms with E-state index in [4.69, 9.17) is 4.42 Å². The second-order valence-electron chi connectivity index (χ2n) is 15.7.